The van der Waals surface area contributed by atoms with Gasteiger partial charge in [0.05, 0.1) is 19.1 Å². The van der Waals surface area contributed by atoms with Gasteiger partial charge in [-0.3, -0.25) is 4.98 Å². The molecular weight excluding hydrogens is 210 g/mol. The summed E-state index contributed by atoms with van der Waals surface area (Å²) in [5.41, 5.74) is 3.19. The minimum atomic E-state index is 0.606. The fraction of sp³-hybridized carbons (Fsp3) is 0.417. The van der Waals surface area contributed by atoms with E-state index in [1.165, 1.54) is 18.4 Å². The molecule has 0 unspecified atom stereocenters. The topological polar surface area (TPSA) is 22.1 Å². The van der Waals surface area contributed by atoms with E-state index in [0.29, 0.717) is 5.92 Å². The first-order valence-electron chi connectivity index (χ1n) is 5.08. The van der Waals surface area contributed by atoms with E-state index < -0.39 is 0 Å². The number of hydrogen-bond acceptors (Lipinski definition) is 2. The molecule has 0 spiro atoms. The van der Waals surface area contributed by atoms with Gasteiger partial charge in [-0.05, 0) is 37.3 Å². The zero-order valence-electron chi connectivity index (χ0n) is 8.96. The molecule has 15 heavy (non-hydrogen) atoms. The normalized spacial score (nSPS) is 16.6. The average Bonchev–Trinajstić information content (AvgIpc) is 3.03. The Morgan fingerprint density at radius 3 is 2.93 bits per heavy atom. The molecule has 1 aromatic heterocycles. The zero-order chi connectivity index (χ0) is 10.8. The molecule has 3 heteroatoms. The Morgan fingerprint density at radius 1 is 1.60 bits per heavy atom. The van der Waals surface area contributed by atoms with Crippen molar-refractivity contribution in [1.82, 2.24) is 4.98 Å². The summed E-state index contributed by atoms with van der Waals surface area (Å²) in [6.45, 7) is 2.00. The van der Waals surface area contributed by atoms with Crippen LogP contribution < -0.4 is 0 Å². The number of ether oxygens (including phenoxy) is 1. The lowest BCUT2D eigenvalue weighted by atomic mass is 10.0. The number of halogens is 1. The molecule has 0 radical (unpaired) electrons. The Morgan fingerprint density at radius 2 is 2.33 bits per heavy atom. The lowest BCUT2D eigenvalue weighted by Gasteiger charge is -2.09. The highest BCUT2D eigenvalue weighted by Crippen LogP contribution is 2.42. The first-order chi connectivity index (χ1) is 7.24. The molecule has 1 heterocycles. The Bertz CT molecular complexity index is 397. The maximum atomic E-state index is 6.08. The second-order valence-corrected chi connectivity index (χ2v) is 4.26. The van der Waals surface area contributed by atoms with Crippen molar-refractivity contribution in [2.24, 2.45) is 5.92 Å². The van der Waals surface area contributed by atoms with Crippen LogP contribution in [0, 0.1) is 12.8 Å². The molecule has 1 saturated carbocycles. The van der Waals surface area contributed by atoms with Crippen molar-refractivity contribution in [3.63, 3.8) is 0 Å². The van der Waals surface area contributed by atoms with Gasteiger partial charge in [-0.2, -0.15) is 0 Å². The summed E-state index contributed by atoms with van der Waals surface area (Å²) >= 11 is 6.08. The molecule has 0 atom stereocenters. The number of hydrogen-bond donors (Lipinski definition) is 0. The minimum Gasteiger partial charge on any atom is -0.504 e. The van der Waals surface area contributed by atoms with Crippen LogP contribution in [0.15, 0.2) is 18.5 Å². The molecule has 1 fully saturated rings. The van der Waals surface area contributed by atoms with Crippen LogP contribution in [0.3, 0.4) is 0 Å². The van der Waals surface area contributed by atoms with Crippen molar-refractivity contribution in [1.29, 1.82) is 0 Å². The molecule has 1 aromatic rings. The van der Waals surface area contributed by atoms with Crippen molar-refractivity contribution >= 4 is 17.2 Å². The van der Waals surface area contributed by atoms with E-state index in [-0.39, 0.29) is 0 Å². The first-order valence-corrected chi connectivity index (χ1v) is 5.46. The molecule has 0 N–H and O–H groups in total. The van der Waals surface area contributed by atoms with Gasteiger partial charge in [0.25, 0.3) is 0 Å². The highest BCUT2D eigenvalue weighted by molar-refractivity contribution is 6.31. The lowest BCUT2D eigenvalue weighted by molar-refractivity contribution is 0.338. The smallest absolute Gasteiger partial charge is 0.0881 e. The molecule has 2 nitrogen and oxygen atoms in total. The maximum Gasteiger partial charge on any atom is 0.0881 e. The average molecular weight is 224 g/mol. The largest absolute Gasteiger partial charge is 0.504 e. The highest BCUT2D eigenvalue weighted by atomic mass is 35.5. The number of nitrogens with zero attached hydrogens (tertiary/aromatic N) is 1. The Kier molecular flexibility index (Phi) is 2.96. The van der Waals surface area contributed by atoms with Gasteiger partial charge in [-0.1, -0.05) is 11.6 Å². The van der Waals surface area contributed by atoms with Crippen LogP contribution in [-0.4, -0.2) is 12.1 Å². The van der Waals surface area contributed by atoms with Gasteiger partial charge in [0.2, 0.25) is 0 Å². The Labute approximate surface area is 94.9 Å². The van der Waals surface area contributed by atoms with Crippen LogP contribution >= 0.6 is 11.6 Å². The van der Waals surface area contributed by atoms with Crippen LogP contribution in [0.25, 0.3) is 5.57 Å². The molecule has 2 rings (SSSR count). The lowest BCUT2D eigenvalue weighted by Crippen LogP contribution is -1.96. The van der Waals surface area contributed by atoms with Crippen molar-refractivity contribution in [3.05, 3.63) is 34.8 Å². The van der Waals surface area contributed by atoms with E-state index in [4.69, 9.17) is 16.3 Å². The van der Waals surface area contributed by atoms with Crippen LogP contribution in [0.1, 0.15) is 24.1 Å². The van der Waals surface area contributed by atoms with E-state index in [2.05, 4.69) is 4.98 Å². The van der Waals surface area contributed by atoms with Crippen LogP contribution in [0.2, 0.25) is 5.02 Å². The molecule has 0 aromatic carbocycles. The minimum absolute atomic E-state index is 0.606. The summed E-state index contributed by atoms with van der Waals surface area (Å²) in [7, 11) is 1.67. The van der Waals surface area contributed by atoms with Crippen molar-refractivity contribution in [2.75, 3.05) is 7.11 Å². The predicted octanol–water partition coefficient (Wildman–Crippen LogP) is 3.44. The maximum absolute atomic E-state index is 6.08. The van der Waals surface area contributed by atoms with Crippen molar-refractivity contribution in [3.8, 4) is 0 Å². The summed E-state index contributed by atoms with van der Waals surface area (Å²) in [4.78, 5) is 4.39. The number of aromatic nitrogens is 1. The van der Waals surface area contributed by atoms with Gasteiger partial charge in [0.15, 0.2) is 0 Å². The number of pyridine rings is 1. The molecule has 1 aliphatic carbocycles. The van der Waals surface area contributed by atoms with Gasteiger partial charge < -0.3 is 4.74 Å². The zero-order valence-corrected chi connectivity index (χ0v) is 9.71. The predicted molar refractivity (Wildman–Crippen MR) is 61.7 cm³/mol. The number of rotatable bonds is 3. The first kappa shape index (κ1) is 10.5. The standard InChI is InChI=1S/C12H14ClNO/c1-8-11(13)5-6-14-12(8)10(7-15-2)9-3-4-9/h5-7,9H,3-4H2,1-2H3/b10-7+. The van der Waals surface area contributed by atoms with Crippen LogP contribution in [0.4, 0.5) is 0 Å². The van der Waals surface area contributed by atoms with Crippen molar-refractivity contribution < 1.29 is 4.74 Å². The molecule has 0 bridgehead atoms. The summed E-state index contributed by atoms with van der Waals surface area (Å²) < 4.78 is 5.11. The fourth-order valence-corrected chi connectivity index (χ4v) is 1.82. The van der Waals surface area contributed by atoms with Gasteiger partial charge in [0, 0.05) is 16.8 Å². The monoisotopic (exact) mass is 223 g/mol. The number of methoxy groups -OCH3 is 1. The summed E-state index contributed by atoms with van der Waals surface area (Å²) in [5.74, 6) is 0.606. The molecule has 0 amide bonds. The SMILES string of the molecule is CO/C=C(/c1nccc(Cl)c1C)C1CC1. The second kappa shape index (κ2) is 4.23. The molecule has 80 valence electrons. The quantitative estimate of drug-likeness (QED) is 0.733. The third-order valence-corrected chi connectivity index (χ3v) is 3.08. The van der Waals surface area contributed by atoms with Crippen molar-refractivity contribution in [2.45, 2.75) is 19.8 Å². The Balaban J connectivity index is 2.41. The highest BCUT2D eigenvalue weighted by Gasteiger charge is 2.29. The molecule has 0 saturated heterocycles. The fourth-order valence-electron chi connectivity index (χ4n) is 1.67. The summed E-state index contributed by atoms with van der Waals surface area (Å²) in [6, 6.07) is 1.82. The molecule has 0 aliphatic heterocycles. The summed E-state index contributed by atoms with van der Waals surface area (Å²) in [6.07, 6.45) is 5.99. The van der Waals surface area contributed by atoms with Crippen LogP contribution in [0.5, 0.6) is 0 Å². The molecule has 1 aliphatic rings. The second-order valence-electron chi connectivity index (χ2n) is 3.85. The van der Waals surface area contributed by atoms with E-state index in [0.717, 1.165) is 16.3 Å². The van der Waals surface area contributed by atoms with Gasteiger partial charge >= 0.3 is 0 Å². The molecular formula is C12H14ClNO. The third-order valence-electron chi connectivity index (χ3n) is 2.67. The van der Waals surface area contributed by atoms with E-state index in [1.807, 2.05) is 13.0 Å². The number of allylic oxidation sites excluding steroid dienone is 1. The Hall–Kier alpha value is -1.02. The van der Waals surface area contributed by atoms with Gasteiger partial charge in [0.1, 0.15) is 0 Å². The van der Waals surface area contributed by atoms with Crippen LogP contribution in [-0.2, 0) is 4.74 Å². The van der Waals surface area contributed by atoms with Gasteiger partial charge in [-0.15, -0.1) is 0 Å². The van der Waals surface area contributed by atoms with E-state index in [1.54, 1.807) is 19.6 Å². The van der Waals surface area contributed by atoms with Gasteiger partial charge in [-0.25, -0.2) is 0 Å². The third kappa shape index (κ3) is 2.15. The summed E-state index contributed by atoms with van der Waals surface area (Å²) in [5, 5.41) is 0.766. The van der Waals surface area contributed by atoms with E-state index >= 15 is 0 Å². The van der Waals surface area contributed by atoms with E-state index in [9.17, 15) is 0 Å².